The number of piperazine rings is 1. The van der Waals surface area contributed by atoms with Crippen LogP contribution in [0.15, 0.2) is 53.6 Å². The third-order valence-corrected chi connectivity index (χ3v) is 11.0. The van der Waals surface area contributed by atoms with Gasteiger partial charge in [-0.05, 0) is 60.4 Å². The smallest absolute Gasteiger partial charge is 0.276 e. The molecule has 5 heterocycles. The Morgan fingerprint density at radius 3 is 2.23 bits per heavy atom. The summed E-state index contributed by atoms with van der Waals surface area (Å²) >= 11 is 0. The average molecular weight is 710 g/mol. The lowest BCUT2D eigenvalue weighted by molar-refractivity contribution is -0.136. The number of H-pyrrole nitrogens is 1. The van der Waals surface area contributed by atoms with Crippen molar-refractivity contribution in [2.24, 2.45) is 13.0 Å². The minimum atomic E-state index is -0.181. The Morgan fingerprint density at radius 2 is 1.58 bits per heavy atom. The maximum Gasteiger partial charge on any atom is 0.276 e. The highest BCUT2D eigenvalue weighted by molar-refractivity contribution is 5.98. The van der Waals surface area contributed by atoms with Crippen LogP contribution in [0.4, 0.5) is 0 Å². The Bertz CT molecular complexity index is 1980. The van der Waals surface area contributed by atoms with Crippen LogP contribution in [0.3, 0.4) is 0 Å². The van der Waals surface area contributed by atoms with Gasteiger partial charge in [0.05, 0.1) is 32.5 Å². The van der Waals surface area contributed by atoms with Crippen molar-refractivity contribution in [2.45, 2.75) is 44.6 Å². The van der Waals surface area contributed by atoms with Crippen LogP contribution < -0.4 is 20.3 Å². The van der Waals surface area contributed by atoms with E-state index in [4.69, 9.17) is 9.47 Å². The zero-order valence-electron chi connectivity index (χ0n) is 30.2. The van der Waals surface area contributed by atoms with Gasteiger partial charge in [0.15, 0.2) is 0 Å². The first-order chi connectivity index (χ1) is 25.2. The average Bonchev–Trinajstić information content (AvgIpc) is 3.66. The number of hydrogen-bond donors (Lipinski definition) is 2. The highest BCUT2D eigenvalue weighted by atomic mass is 16.5. The highest BCUT2D eigenvalue weighted by Crippen LogP contribution is 2.38. The number of rotatable bonds is 10. The molecule has 13 nitrogen and oxygen atoms in total. The molecule has 3 fully saturated rings. The number of carbonyl (C=O) groups is 3. The number of imide groups is 1. The van der Waals surface area contributed by atoms with E-state index < -0.39 is 0 Å². The van der Waals surface area contributed by atoms with Gasteiger partial charge in [0.25, 0.3) is 5.56 Å². The quantitative estimate of drug-likeness (QED) is 0.238. The molecule has 4 aromatic rings. The summed E-state index contributed by atoms with van der Waals surface area (Å²) in [6.45, 7) is 5.81. The van der Waals surface area contributed by atoms with Gasteiger partial charge in [-0.2, -0.15) is 5.10 Å². The fraction of sp³-hybridized carbons (Fsp3) is 0.462. The van der Waals surface area contributed by atoms with Crippen molar-refractivity contribution < 1.29 is 23.9 Å². The molecule has 52 heavy (non-hydrogen) atoms. The summed E-state index contributed by atoms with van der Waals surface area (Å²) in [6.07, 6.45) is 7.00. The topological polar surface area (TPSA) is 142 Å². The van der Waals surface area contributed by atoms with E-state index in [0.29, 0.717) is 55.3 Å². The summed E-state index contributed by atoms with van der Waals surface area (Å²) in [5.41, 5.74) is 5.38. The molecule has 0 bridgehead atoms. The molecular weight excluding hydrogens is 662 g/mol. The largest absolute Gasteiger partial charge is 0.496 e. The first-order valence-corrected chi connectivity index (χ1v) is 18.1. The third-order valence-electron chi connectivity index (χ3n) is 11.0. The van der Waals surface area contributed by atoms with Gasteiger partial charge >= 0.3 is 0 Å². The monoisotopic (exact) mass is 709 g/mol. The molecule has 0 radical (unpaired) electrons. The van der Waals surface area contributed by atoms with E-state index in [1.165, 1.54) is 5.56 Å². The number of aromatic nitrogens is 3. The molecular formula is C39H47N7O6. The number of aromatic amines is 1. The van der Waals surface area contributed by atoms with Crippen LogP contribution in [0.5, 0.6) is 11.5 Å². The number of pyridine rings is 1. The predicted octanol–water partition coefficient (Wildman–Crippen LogP) is 3.06. The Labute approximate surface area is 302 Å². The number of hydrogen-bond acceptors (Lipinski definition) is 9. The number of methoxy groups -OCH3 is 2. The standard InChI is InChI=1S/C39H47N7O6/c1-43-22-31(30-21-40-42-37(30)39(43)50)29-19-33(51-2)32(34(20-29)52-3)23-44-14-16-45(17-15-44)24-36(48)46-12-10-27(11-13-46)26-6-4-25(5-7-26)18-28-8-9-35(47)41-38(28)49/h4-7,19-22,27-28H,8-18,23-24H2,1-3H3,(H,40,42)(H,41,47,49). The highest BCUT2D eigenvalue weighted by Gasteiger charge is 2.29. The lowest BCUT2D eigenvalue weighted by atomic mass is 9.87. The van der Waals surface area contributed by atoms with Crippen LogP contribution in [0, 0.1) is 5.92 Å². The number of nitrogens with zero attached hydrogens (tertiary/aromatic N) is 5. The summed E-state index contributed by atoms with van der Waals surface area (Å²) in [5, 5.41) is 10.1. The number of likely N-dealkylation sites (tertiary alicyclic amines) is 1. The van der Waals surface area contributed by atoms with Crippen LogP contribution >= 0.6 is 0 Å². The SMILES string of the molecule is COc1cc(-c2cn(C)c(=O)c3[nH]ncc23)cc(OC)c1CN1CCN(CC(=O)N2CCC(c3ccc(CC4CCC(=O)NC4=O)cc3)CC2)CC1. The molecule has 274 valence electrons. The molecule has 1 unspecified atom stereocenters. The summed E-state index contributed by atoms with van der Waals surface area (Å²) < 4.78 is 13.3. The van der Waals surface area contributed by atoms with Crippen molar-refractivity contribution in [2.75, 3.05) is 60.0 Å². The van der Waals surface area contributed by atoms with E-state index in [1.807, 2.05) is 23.2 Å². The van der Waals surface area contributed by atoms with Crippen molar-refractivity contribution in [3.05, 3.63) is 75.8 Å². The van der Waals surface area contributed by atoms with Crippen LogP contribution in [-0.4, -0.2) is 107 Å². The van der Waals surface area contributed by atoms with E-state index in [2.05, 4.69) is 49.6 Å². The molecule has 2 N–H and O–H groups in total. The zero-order chi connectivity index (χ0) is 36.4. The van der Waals surface area contributed by atoms with Crippen molar-refractivity contribution in [3.63, 3.8) is 0 Å². The third kappa shape index (κ3) is 7.47. The molecule has 7 rings (SSSR count). The molecule has 3 amide bonds. The van der Waals surface area contributed by atoms with Gasteiger partial charge in [-0.1, -0.05) is 24.3 Å². The fourth-order valence-corrected chi connectivity index (χ4v) is 7.90. The maximum atomic E-state index is 13.3. The molecule has 0 aliphatic carbocycles. The molecule has 13 heteroatoms. The van der Waals surface area contributed by atoms with Crippen LogP contribution in [0.25, 0.3) is 22.0 Å². The van der Waals surface area contributed by atoms with Crippen LogP contribution in [0.2, 0.25) is 0 Å². The van der Waals surface area contributed by atoms with E-state index in [9.17, 15) is 19.2 Å². The van der Waals surface area contributed by atoms with Crippen molar-refractivity contribution in [1.82, 2.24) is 34.8 Å². The summed E-state index contributed by atoms with van der Waals surface area (Å²) in [4.78, 5) is 56.2. The first kappa shape index (κ1) is 35.4. The van der Waals surface area contributed by atoms with Crippen LogP contribution in [0.1, 0.15) is 48.3 Å². The maximum absolute atomic E-state index is 13.3. The second-order valence-corrected chi connectivity index (χ2v) is 14.3. The fourth-order valence-electron chi connectivity index (χ4n) is 7.90. The summed E-state index contributed by atoms with van der Waals surface area (Å²) in [7, 11) is 5.04. The second-order valence-electron chi connectivity index (χ2n) is 14.3. The first-order valence-electron chi connectivity index (χ1n) is 18.1. The Kier molecular flexibility index (Phi) is 10.4. The second kappa shape index (κ2) is 15.3. The van der Waals surface area contributed by atoms with E-state index in [0.717, 1.165) is 79.8 Å². The number of benzene rings is 2. The van der Waals surface area contributed by atoms with Gasteiger partial charge < -0.3 is 18.9 Å². The molecule has 3 aliphatic rings. The molecule has 3 saturated heterocycles. The zero-order valence-corrected chi connectivity index (χ0v) is 30.2. The van der Waals surface area contributed by atoms with Crippen molar-refractivity contribution in [3.8, 4) is 22.6 Å². The number of piperidine rings is 2. The lowest BCUT2D eigenvalue weighted by Gasteiger charge is -2.37. The minimum Gasteiger partial charge on any atom is -0.496 e. The van der Waals surface area contributed by atoms with Gasteiger partial charge in [-0.15, -0.1) is 0 Å². The molecule has 1 atom stereocenters. The summed E-state index contributed by atoms with van der Waals surface area (Å²) in [6, 6.07) is 12.5. The number of aryl methyl sites for hydroxylation is 1. The lowest BCUT2D eigenvalue weighted by Crippen LogP contribution is -2.50. The van der Waals surface area contributed by atoms with Gasteiger partial charge in [-0.25, -0.2) is 0 Å². The molecule has 2 aromatic heterocycles. The van der Waals surface area contributed by atoms with E-state index in [1.54, 1.807) is 32.0 Å². The Hall–Kier alpha value is -5.01. The van der Waals surface area contributed by atoms with E-state index >= 15 is 0 Å². The minimum absolute atomic E-state index is 0.138. The number of fused-ring (bicyclic) bond motifs is 1. The molecule has 3 aliphatic heterocycles. The molecule has 0 spiro atoms. The number of carbonyl (C=O) groups excluding carboxylic acids is 3. The molecule has 2 aromatic carbocycles. The molecule has 0 saturated carbocycles. The predicted molar refractivity (Wildman–Crippen MR) is 196 cm³/mol. The number of ether oxygens (including phenoxy) is 2. The Balaban J connectivity index is 0.899. The van der Waals surface area contributed by atoms with Gasteiger partial charge in [0, 0.05) is 82.3 Å². The van der Waals surface area contributed by atoms with Gasteiger partial charge in [0.1, 0.15) is 17.0 Å². The van der Waals surface area contributed by atoms with Gasteiger partial charge in [-0.3, -0.25) is 39.4 Å². The van der Waals surface area contributed by atoms with Gasteiger partial charge in [0.2, 0.25) is 17.7 Å². The van der Waals surface area contributed by atoms with E-state index in [-0.39, 0.29) is 29.2 Å². The van der Waals surface area contributed by atoms with Crippen molar-refractivity contribution in [1.29, 1.82) is 0 Å². The normalized spacial score (nSPS) is 19.2. The number of nitrogens with one attached hydrogen (secondary N) is 2. The van der Waals surface area contributed by atoms with Crippen molar-refractivity contribution >= 4 is 28.6 Å². The number of amides is 3. The summed E-state index contributed by atoms with van der Waals surface area (Å²) in [5.74, 6) is 1.53. The Morgan fingerprint density at radius 1 is 0.904 bits per heavy atom. The van der Waals surface area contributed by atoms with Crippen LogP contribution in [-0.2, 0) is 34.4 Å².